The fraction of sp³-hybridized carbons (Fsp3) is 0.111. The molecule has 0 aliphatic heterocycles. The quantitative estimate of drug-likeness (QED) is 0.853. The summed E-state index contributed by atoms with van der Waals surface area (Å²) in [6, 6.07) is 7.60. The van der Waals surface area contributed by atoms with Crippen LogP contribution in [0, 0.1) is 0 Å². The first kappa shape index (κ1) is 8.99. The van der Waals surface area contributed by atoms with Crippen LogP contribution < -0.4 is 0 Å². The van der Waals surface area contributed by atoms with E-state index in [9.17, 15) is 5.11 Å². The highest BCUT2D eigenvalue weighted by Gasteiger charge is 2.12. The van der Waals surface area contributed by atoms with Gasteiger partial charge in [0.1, 0.15) is 6.10 Å². The van der Waals surface area contributed by atoms with Crippen molar-refractivity contribution >= 4 is 27.3 Å². The average Bonchev–Trinajstić information content (AvgIpc) is 2.72. The van der Waals surface area contributed by atoms with Gasteiger partial charge in [-0.1, -0.05) is 0 Å². The van der Waals surface area contributed by atoms with Crippen molar-refractivity contribution in [2.75, 3.05) is 0 Å². The molecule has 68 valence electrons. The van der Waals surface area contributed by atoms with Crippen molar-refractivity contribution in [3.05, 3.63) is 44.8 Å². The van der Waals surface area contributed by atoms with Gasteiger partial charge in [0.25, 0.3) is 0 Å². The van der Waals surface area contributed by atoms with Crippen LogP contribution in [-0.2, 0) is 0 Å². The van der Waals surface area contributed by atoms with Crippen molar-refractivity contribution in [1.82, 2.24) is 4.98 Å². The smallest absolute Gasteiger partial charge is 0.128 e. The molecule has 0 fully saturated rings. The maximum Gasteiger partial charge on any atom is 0.128 e. The molecule has 0 bridgehead atoms. The Kier molecular flexibility index (Phi) is 2.53. The van der Waals surface area contributed by atoms with Gasteiger partial charge in [-0.2, -0.15) is 0 Å². The SMILES string of the molecule is OC(c1ccc[nH]1)c1ccc(Br)s1. The third-order valence-corrected chi connectivity index (χ3v) is 3.46. The van der Waals surface area contributed by atoms with Crippen molar-refractivity contribution in [1.29, 1.82) is 0 Å². The normalized spacial score (nSPS) is 13.1. The van der Waals surface area contributed by atoms with E-state index in [1.165, 1.54) is 0 Å². The van der Waals surface area contributed by atoms with E-state index in [1.807, 2.05) is 24.3 Å². The molecule has 0 radical (unpaired) electrons. The number of aliphatic hydroxyl groups is 1. The first-order valence-corrected chi connectivity index (χ1v) is 5.45. The lowest BCUT2D eigenvalue weighted by atomic mass is 10.2. The number of aliphatic hydroxyl groups excluding tert-OH is 1. The highest BCUT2D eigenvalue weighted by molar-refractivity contribution is 9.11. The second kappa shape index (κ2) is 3.65. The van der Waals surface area contributed by atoms with E-state index < -0.39 is 6.10 Å². The summed E-state index contributed by atoms with van der Waals surface area (Å²) in [6.07, 6.45) is 1.27. The summed E-state index contributed by atoms with van der Waals surface area (Å²) in [5, 5.41) is 9.85. The molecule has 13 heavy (non-hydrogen) atoms. The van der Waals surface area contributed by atoms with Crippen molar-refractivity contribution in [3.8, 4) is 0 Å². The summed E-state index contributed by atoms with van der Waals surface area (Å²) >= 11 is 4.90. The van der Waals surface area contributed by atoms with Gasteiger partial charge >= 0.3 is 0 Å². The van der Waals surface area contributed by atoms with Crippen molar-refractivity contribution < 1.29 is 5.11 Å². The average molecular weight is 258 g/mol. The third-order valence-electron chi connectivity index (χ3n) is 1.78. The Morgan fingerprint density at radius 3 is 2.77 bits per heavy atom. The number of nitrogens with one attached hydrogen (secondary N) is 1. The van der Waals surface area contributed by atoms with Crippen LogP contribution in [0.2, 0.25) is 0 Å². The van der Waals surface area contributed by atoms with Crippen LogP contribution in [0.1, 0.15) is 16.7 Å². The first-order valence-electron chi connectivity index (χ1n) is 3.84. The summed E-state index contributed by atoms with van der Waals surface area (Å²) in [4.78, 5) is 3.93. The third kappa shape index (κ3) is 1.85. The molecule has 0 saturated carbocycles. The number of aromatic nitrogens is 1. The van der Waals surface area contributed by atoms with Gasteiger partial charge in [0.15, 0.2) is 0 Å². The number of hydrogen-bond acceptors (Lipinski definition) is 2. The molecule has 2 aromatic heterocycles. The standard InChI is InChI=1S/C9H8BrNOS/c10-8-4-3-7(13-8)9(12)6-2-1-5-11-6/h1-5,9,11-12H. The van der Waals surface area contributed by atoms with E-state index in [-0.39, 0.29) is 0 Å². The molecule has 1 unspecified atom stereocenters. The number of rotatable bonds is 2. The number of hydrogen-bond donors (Lipinski definition) is 2. The van der Waals surface area contributed by atoms with Gasteiger partial charge in [0.05, 0.1) is 3.79 Å². The zero-order valence-electron chi connectivity index (χ0n) is 6.70. The Hall–Kier alpha value is -0.580. The second-order valence-corrected chi connectivity index (χ2v) is 5.16. The largest absolute Gasteiger partial charge is 0.381 e. The minimum absolute atomic E-state index is 0.536. The predicted molar refractivity (Wildman–Crippen MR) is 56.9 cm³/mol. The van der Waals surface area contributed by atoms with E-state index >= 15 is 0 Å². The first-order chi connectivity index (χ1) is 6.27. The Morgan fingerprint density at radius 1 is 1.38 bits per heavy atom. The fourth-order valence-corrected chi connectivity index (χ4v) is 2.57. The van der Waals surface area contributed by atoms with Crippen LogP contribution in [0.25, 0.3) is 0 Å². The van der Waals surface area contributed by atoms with Crippen LogP contribution in [0.5, 0.6) is 0 Å². The van der Waals surface area contributed by atoms with Crippen LogP contribution in [0.3, 0.4) is 0 Å². The van der Waals surface area contributed by atoms with Gasteiger partial charge in [0, 0.05) is 16.8 Å². The summed E-state index contributed by atoms with van der Waals surface area (Å²) < 4.78 is 1.04. The van der Waals surface area contributed by atoms with Gasteiger partial charge in [-0.05, 0) is 40.2 Å². The summed E-state index contributed by atoms with van der Waals surface area (Å²) in [6.45, 7) is 0. The van der Waals surface area contributed by atoms with E-state index in [2.05, 4.69) is 20.9 Å². The molecule has 2 rings (SSSR count). The molecule has 4 heteroatoms. The molecule has 2 nitrogen and oxygen atoms in total. The Balaban J connectivity index is 2.28. The Labute approximate surface area is 88.4 Å². The van der Waals surface area contributed by atoms with E-state index in [0.717, 1.165) is 14.4 Å². The van der Waals surface area contributed by atoms with E-state index in [1.54, 1.807) is 17.5 Å². The Morgan fingerprint density at radius 2 is 2.23 bits per heavy atom. The van der Waals surface area contributed by atoms with Gasteiger partial charge in [0.2, 0.25) is 0 Å². The molecule has 2 heterocycles. The number of aromatic amines is 1. The van der Waals surface area contributed by atoms with Crippen molar-refractivity contribution in [3.63, 3.8) is 0 Å². The van der Waals surface area contributed by atoms with Crippen LogP contribution in [0.15, 0.2) is 34.2 Å². The van der Waals surface area contributed by atoms with Gasteiger partial charge < -0.3 is 10.1 Å². The van der Waals surface area contributed by atoms with Crippen molar-refractivity contribution in [2.24, 2.45) is 0 Å². The molecule has 2 aromatic rings. The predicted octanol–water partition coefficient (Wildman–Crippen LogP) is 2.92. The zero-order chi connectivity index (χ0) is 9.26. The number of H-pyrrole nitrogens is 1. The molecule has 1 atom stereocenters. The summed E-state index contributed by atoms with van der Waals surface area (Å²) in [5.41, 5.74) is 0.828. The monoisotopic (exact) mass is 257 g/mol. The van der Waals surface area contributed by atoms with Gasteiger partial charge in [-0.15, -0.1) is 11.3 Å². The topological polar surface area (TPSA) is 36.0 Å². The molecule has 0 aliphatic rings. The molecular formula is C9H8BrNOS. The molecule has 0 aliphatic carbocycles. The molecule has 2 N–H and O–H groups in total. The zero-order valence-corrected chi connectivity index (χ0v) is 9.10. The lowest BCUT2D eigenvalue weighted by molar-refractivity contribution is 0.220. The molecule has 0 spiro atoms. The van der Waals surface area contributed by atoms with Crippen LogP contribution >= 0.6 is 27.3 Å². The molecular weight excluding hydrogens is 250 g/mol. The summed E-state index contributed by atoms with van der Waals surface area (Å²) in [5.74, 6) is 0. The van der Waals surface area contributed by atoms with Gasteiger partial charge in [-0.25, -0.2) is 0 Å². The molecule has 0 saturated heterocycles. The minimum Gasteiger partial charge on any atom is -0.381 e. The maximum absolute atomic E-state index is 9.85. The second-order valence-electron chi connectivity index (χ2n) is 2.67. The Bertz CT molecular complexity index is 382. The van der Waals surface area contributed by atoms with Crippen LogP contribution in [0.4, 0.5) is 0 Å². The van der Waals surface area contributed by atoms with E-state index in [4.69, 9.17) is 0 Å². The minimum atomic E-state index is -0.536. The maximum atomic E-state index is 9.85. The fourth-order valence-electron chi connectivity index (χ4n) is 1.14. The van der Waals surface area contributed by atoms with Gasteiger partial charge in [-0.3, -0.25) is 0 Å². The lowest BCUT2D eigenvalue weighted by Gasteiger charge is -2.04. The highest BCUT2D eigenvalue weighted by Crippen LogP contribution is 2.30. The highest BCUT2D eigenvalue weighted by atomic mass is 79.9. The number of halogens is 1. The number of thiophene rings is 1. The molecule has 0 amide bonds. The van der Waals surface area contributed by atoms with E-state index in [0.29, 0.717) is 0 Å². The summed E-state index contributed by atoms with van der Waals surface area (Å²) in [7, 11) is 0. The molecule has 0 aromatic carbocycles. The lowest BCUT2D eigenvalue weighted by Crippen LogP contribution is -1.96. The van der Waals surface area contributed by atoms with Crippen molar-refractivity contribution in [2.45, 2.75) is 6.10 Å². The van der Waals surface area contributed by atoms with Crippen LogP contribution in [-0.4, -0.2) is 10.1 Å².